The number of aryl methyl sites for hydroxylation is 3. The van der Waals surface area contributed by atoms with Gasteiger partial charge in [-0.15, -0.1) is 41.3 Å². The number of aromatic nitrogens is 4. The normalized spacial score (nSPS) is 11.6. The van der Waals surface area contributed by atoms with Gasteiger partial charge in [-0.2, -0.15) is 11.2 Å². The SMILES string of the molecule is Cc1cccc(C)c1-c1c(C)nn(-c2[c-]c(Oc3[c-]c4c(cc3)c3ccccc3n4-c3cc(CC(C)C)ccn3)cc(C(C)C)c2)c1C.[Pd+2]. The van der Waals surface area contributed by atoms with Crippen LogP contribution in [-0.2, 0) is 26.8 Å². The van der Waals surface area contributed by atoms with Crippen molar-refractivity contribution in [2.45, 2.75) is 67.7 Å². The quantitative estimate of drug-likeness (QED) is 0.115. The van der Waals surface area contributed by atoms with Crippen molar-refractivity contribution in [1.29, 1.82) is 0 Å². The second kappa shape index (κ2) is 13.8. The largest absolute Gasteiger partial charge is 2.00 e. The zero-order chi connectivity index (χ0) is 33.7. The molecule has 3 aromatic heterocycles. The van der Waals surface area contributed by atoms with Crippen LogP contribution in [-0.4, -0.2) is 19.3 Å². The first-order valence-corrected chi connectivity index (χ1v) is 16.9. The topological polar surface area (TPSA) is 44.9 Å². The summed E-state index contributed by atoms with van der Waals surface area (Å²) in [5.41, 5.74) is 12.3. The zero-order valence-corrected chi connectivity index (χ0v) is 31.0. The first kappa shape index (κ1) is 34.4. The summed E-state index contributed by atoms with van der Waals surface area (Å²) in [4.78, 5) is 4.82. The maximum absolute atomic E-state index is 6.62. The summed E-state index contributed by atoms with van der Waals surface area (Å²) in [6.07, 6.45) is 2.91. The minimum Gasteiger partial charge on any atom is -0.509 e. The molecule has 0 bridgehead atoms. The van der Waals surface area contributed by atoms with Crippen molar-refractivity contribution >= 4 is 21.8 Å². The van der Waals surface area contributed by atoms with Crippen LogP contribution in [0.25, 0.3) is 44.4 Å². The van der Waals surface area contributed by atoms with Crippen LogP contribution in [0.4, 0.5) is 0 Å². The van der Waals surface area contributed by atoms with Crippen LogP contribution in [0.1, 0.15) is 67.3 Å². The summed E-state index contributed by atoms with van der Waals surface area (Å²) in [5.74, 6) is 2.98. The Hall–Kier alpha value is -4.50. The van der Waals surface area contributed by atoms with E-state index in [4.69, 9.17) is 14.8 Å². The number of pyridine rings is 1. The van der Waals surface area contributed by atoms with Gasteiger partial charge >= 0.3 is 20.4 Å². The van der Waals surface area contributed by atoms with Crippen LogP contribution >= 0.6 is 0 Å². The predicted octanol–water partition coefficient (Wildman–Crippen LogP) is 11.0. The molecular weight excluding hydrogens is 695 g/mol. The van der Waals surface area contributed by atoms with Gasteiger partial charge in [0.05, 0.1) is 5.69 Å². The Kier molecular flexibility index (Phi) is 9.67. The van der Waals surface area contributed by atoms with Crippen molar-refractivity contribution in [3.05, 3.63) is 131 Å². The smallest absolute Gasteiger partial charge is 0.509 e. The van der Waals surface area contributed by atoms with Gasteiger partial charge in [0.2, 0.25) is 0 Å². The van der Waals surface area contributed by atoms with Crippen LogP contribution < -0.4 is 4.74 Å². The third-order valence-electron chi connectivity index (χ3n) is 9.23. The van der Waals surface area contributed by atoms with E-state index < -0.39 is 0 Å². The molecule has 7 aromatic rings. The molecule has 0 aliphatic rings. The predicted molar refractivity (Wildman–Crippen MR) is 197 cm³/mol. The Labute approximate surface area is 303 Å². The fourth-order valence-corrected chi connectivity index (χ4v) is 6.97. The van der Waals surface area contributed by atoms with E-state index >= 15 is 0 Å². The van der Waals surface area contributed by atoms with E-state index in [0.717, 1.165) is 56.7 Å². The molecule has 0 saturated heterocycles. The van der Waals surface area contributed by atoms with E-state index in [0.29, 0.717) is 17.4 Å². The number of nitrogens with zero attached hydrogens (tertiary/aromatic N) is 4. The fourth-order valence-electron chi connectivity index (χ4n) is 6.97. The van der Waals surface area contributed by atoms with E-state index in [-0.39, 0.29) is 26.3 Å². The van der Waals surface area contributed by atoms with Crippen LogP contribution in [0.15, 0.2) is 85.1 Å². The number of ether oxygens (including phenoxy) is 1. The molecule has 0 unspecified atom stereocenters. The third kappa shape index (κ3) is 6.48. The van der Waals surface area contributed by atoms with Crippen LogP contribution in [0.3, 0.4) is 0 Å². The van der Waals surface area contributed by atoms with Crippen molar-refractivity contribution in [2.75, 3.05) is 0 Å². The van der Waals surface area contributed by atoms with Gasteiger partial charge < -0.3 is 9.30 Å². The molecule has 7 rings (SSSR count). The number of hydrogen-bond donors (Lipinski definition) is 0. The summed E-state index contributed by atoms with van der Waals surface area (Å²) in [7, 11) is 0. The van der Waals surface area contributed by atoms with E-state index in [1.807, 2.05) is 16.9 Å². The van der Waals surface area contributed by atoms with Gasteiger partial charge in [0, 0.05) is 34.5 Å². The number of benzene rings is 4. The molecule has 49 heavy (non-hydrogen) atoms. The number of hydrogen-bond acceptors (Lipinski definition) is 3. The molecular formula is C43H42N4OPd. The molecule has 3 heterocycles. The molecule has 0 radical (unpaired) electrons. The Morgan fingerprint density at radius 2 is 1.51 bits per heavy atom. The maximum Gasteiger partial charge on any atom is 2.00 e. The standard InChI is InChI=1S/C43H42N4O.Pd/c1-26(2)20-32-18-19-44-41(21-32)46-39-15-10-9-14-37(39)38-17-16-35(25-40(38)46)48-36-23-33(27(3)4)22-34(24-36)47-31(8)43(30(7)45-47)42-28(5)12-11-13-29(42)6;/h9-19,21-23,26-27H,20H2,1-8H3;/q-2;+2. The summed E-state index contributed by atoms with van der Waals surface area (Å²) in [6.45, 7) is 17.4. The molecule has 6 heteroatoms. The Balaban J connectivity index is 0.00000417. The molecule has 0 amide bonds. The first-order valence-electron chi connectivity index (χ1n) is 16.9. The zero-order valence-electron chi connectivity index (χ0n) is 29.5. The van der Waals surface area contributed by atoms with Gasteiger partial charge in [-0.25, -0.2) is 4.98 Å². The molecule has 0 N–H and O–H groups in total. The van der Waals surface area contributed by atoms with Gasteiger partial charge in [0.15, 0.2) is 0 Å². The second-order valence-corrected chi connectivity index (χ2v) is 13.7. The Bertz CT molecular complexity index is 2290. The van der Waals surface area contributed by atoms with Crippen LogP contribution in [0, 0.1) is 45.7 Å². The van der Waals surface area contributed by atoms with Gasteiger partial charge in [-0.3, -0.25) is 4.68 Å². The van der Waals surface area contributed by atoms with Gasteiger partial charge in [-0.05, 0) is 97.5 Å². The van der Waals surface area contributed by atoms with Crippen LogP contribution in [0.2, 0.25) is 0 Å². The molecule has 0 spiro atoms. The van der Waals surface area contributed by atoms with E-state index in [1.54, 1.807) is 0 Å². The average Bonchev–Trinajstić information content (AvgIpc) is 3.53. The van der Waals surface area contributed by atoms with Gasteiger partial charge in [-0.1, -0.05) is 69.6 Å². The molecule has 5 nitrogen and oxygen atoms in total. The van der Waals surface area contributed by atoms with E-state index in [2.05, 4.69) is 145 Å². The van der Waals surface area contributed by atoms with Crippen molar-refractivity contribution in [2.24, 2.45) is 5.92 Å². The van der Waals surface area contributed by atoms with Crippen molar-refractivity contribution in [1.82, 2.24) is 19.3 Å². The van der Waals surface area contributed by atoms with Crippen molar-refractivity contribution in [3.8, 4) is 34.1 Å². The summed E-state index contributed by atoms with van der Waals surface area (Å²) >= 11 is 0. The summed E-state index contributed by atoms with van der Waals surface area (Å²) < 4.78 is 10.8. The van der Waals surface area contributed by atoms with Gasteiger partial charge in [0.25, 0.3) is 0 Å². The summed E-state index contributed by atoms with van der Waals surface area (Å²) in [5, 5.41) is 7.30. The first-order chi connectivity index (χ1) is 23.1. The molecule has 0 aliphatic carbocycles. The monoisotopic (exact) mass is 736 g/mol. The second-order valence-electron chi connectivity index (χ2n) is 13.7. The molecule has 4 aromatic carbocycles. The molecule has 250 valence electrons. The Morgan fingerprint density at radius 3 is 2.24 bits per heavy atom. The maximum atomic E-state index is 6.62. The van der Waals surface area contributed by atoms with Gasteiger partial charge in [0.1, 0.15) is 5.82 Å². The third-order valence-corrected chi connectivity index (χ3v) is 9.23. The van der Waals surface area contributed by atoms with E-state index in [9.17, 15) is 0 Å². The number of fused-ring (bicyclic) bond motifs is 3. The molecule has 0 aliphatic heterocycles. The average molecular weight is 737 g/mol. The summed E-state index contributed by atoms with van der Waals surface area (Å²) in [6, 6.07) is 34.8. The van der Waals surface area contributed by atoms with E-state index in [1.165, 1.54) is 27.8 Å². The van der Waals surface area contributed by atoms with Crippen LogP contribution in [0.5, 0.6) is 11.5 Å². The van der Waals surface area contributed by atoms with Crippen molar-refractivity contribution in [3.63, 3.8) is 0 Å². The number of rotatable bonds is 8. The fraction of sp³-hybridized carbons (Fsp3) is 0.256. The Morgan fingerprint density at radius 1 is 0.755 bits per heavy atom. The molecule has 0 atom stereocenters. The minimum absolute atomic E-state index is 0. The molecule has 0 fully saturated rings. The minimum atomic E-state index is 0. The molecule has 0 saturated carbocycles. The number of para-hydroxylation sites is 1. The van der Waals surface area contributed by atoms with Crippen molar-refractivity contribution < 1.29 is 25.2 Å².